The molecule has 0 saturated carbocycles. The molecule has 0 aliphatic rings. The van der Waals surface area contributed by atoms with Crippen molar-refractivity contribution in [2.24, 2.45) is 5.92 Å². The van der Waals surface area contributed by atoms with Gasteiger partial charge in [-0.1, -0.05) is 73.4 Å². The first-order valence-corrected chi connectivity index (χ1v) is 8.06. The summed E-state index contributed by atoms with van der Waals surface area (Å²) in [6, 6.07) is 16.6. The monoisotopic (exact) mass is 321 g/mol. The number of nitrogens with one attached hydrogen (secondary N) is 1. The Morgan fingerprint density at radius 2 is 1.71 bits per heavy atom. The molecule has 0 radical (unpaired) electrons. The van der Waals surface area contributed by atoms with E-state index in [1.165, 1.54) is 5.56 Å². The molecular weight excluding hydrogens is 301 g/mol. The fourth-order valence-corrected chi connectivity index (χ4v) is 2.99. The van der Waals surface area contributed by atoms with Crippen molar-refractivity contribution >= 4 is 23.2 Å². The van der Waals surface area contributed by atoms with Gasteiger partial charge in [-0.2, -0.15) is 0 Å². The number of rotatable bonds is 6. The average molecular weight is 322 g/mol. The van der Waals surface area contributed by atoms with Crippen molar-refractivity contribution in [3.8, 4) is 0 Å². The van der Waals surface area contributed by atoms with Crippen LogP contribution in [-0.2, 0) is 6.42 Å². The predicted molar refractivity (Wildman–Crippen MR) is 92.2 cm³/mol. The summed E-state index contributed by atoms with van der Waals surface area (Å²) in [6.07, 6.45) is 0.895. The van der Waals surface area contributed by atoms with E-state index in [-0.39, 0.29) is 0 Å². The van der Waals surface area contributed by atoms with E-state index in [9.17, 15) is 0 Å². The maximum atomic E-state index is 6.21. The van der Waals surface area contributed by atoms with Gasteiger partial charge in [0.2, 0.25) is 0 Å². The second kappa shape index (κ2) is 7.84. The molecule has 21 heavy (non-hydrogen) atoms. The molecule has 1 unspecified atom stereocenters. The Hall–Kier alpha value is -1.02. The van der Waals surface area contributed by atoms with E-state index < -0.39 is 0 Å². The van der Waals surface area contributed by atoms with Crippen molar-refractivity contribution in [3.63, 3.8) is 0 Å². The first kappa shape index (κ1) is 16.4. The Bertz CT molecular complexity index is 567. The van der Waals surface area contributed by atoms with Crippen molar-refractivity contribution < 1.29 is 0 Å². The minimum Gasteiger partial charge on any atom is -0.309 e. The molecule has 0 fully saturated rings. The lowest BCUT2D eigenvalue weighted by Gasteiger charge is -2.23. The van der Waals surface area contributed by atoms with Crippen LogP contribution in [0, 0.1) is 5.92 Å². The highest BCUT2D eigenvalue weighted by Gasteiger charge is 2.14. The molecule has 0 saturated heterocycles. The summed E-state index contributed by atoms with van der Waals surface area (Å²) in [5, 5.41) is 5.06. The maximum absolute atomic E-state index is 6.21. The van der Waals surface area contributed by atoms with E-state index in [0.717, 1.165) is 23.6 Å². The van der Waals surface area contributed by atoms with Gasteiger partial charge in [0.1, 0.15) is 0 Å². The van der Waals surface area contributed by atoms with Crippen molar-refractivity contribution in [1.29, 1.82) is 0 Å². The van der Waals surface area contributed by atoms with Crippen LogP contribution in [0.15, 0.2) is 48.5 Å². The molecule has 2 aromatic carbocycles. The molecule has 0 aliphatic heterocycles. The Morgan fingerprint density at radius 1 is 1.00 bits per heavy atom. The highest BCUT2D eigenvalue weighted by Crippen LogP contribution is 2.23. The zero-order chi connectivity index (χ0) is 15.2. The lowest BCUT2D eigenvalue weighted by molar-refractivity contribution is 0.415. The van der Waals surface area contributed by atoms with Gasteiger partial charge in [0.25, 0.3) is 0 Å². The van der Waals surface area contributed by atoms with Crippen LogP contribution < -0.4 is 5.32 Å². The molecule has 1 N–H and O–H groups in total. The molecule has 2 rings (SSSR count). The number of halogens is 2. The Labute approximate surface area is 137 Å². The summed E-state index contributed by atoms with van der Waals surface area (Å²) in [5.41, 5.74) is 2.46. The van der Waals surface area contributed by atoms with Gasteiger partial charge in [0.15, 0.2) is 0 Å². The van der Waals surface area contributed by atoms with Crippen molar-refractivity contribution in [2.75, 3.05) is 6.54 Å². The van der Waals surface area contributed by atoms with Crippen LogP contribution in [0.25, 0.3) is 0 Å². The average Bonchev–Trinajstić information content (AvgIpc) is 2.46. The molecule has 0 aromatic heterocycles. The fourth-order valence-electron chi connectivity index (χ4n) is 2.49. The summed E-state index contributed by atoms with van der Waals surface area (Å²) in [5.74, 6) is 0.535. The molecule has 0 aliphatic carbocycles. The summed E-state index contributed by atoms with van der Waals surface area (Å²) in [4.78, 5) is 0. The van der Waals surface area contributed by atoms with E-state index in [1.807, 2.05) is 18.2 Å². The zero-order valence-electron chi connectivity index (χ0n) is 12.4. The van der Waals surface area contributed by atoms with Crippen molar-refractivity contribution in [3.05, 3.63) is 69.7 Å². The smallest absolute Gasteiger partial charge is 0.0453 e. The van der Waals surface area contributed by atoms with Crippen molar-refractivity contribution in [2.45, 2.75) is 26.3 Å². The third kappa shape index (κ3) is 4.74. The topological polar surface area (TPSA) is 12.0 Å². The summed E-state index contributed by atoms with van der Waals surface area (Å²) in [7, 11) is 0. The first-order valence-electron chi connectivity index (χ1n) is 7.30. The number of hydrogen-bond acceptors (Lipinski definition) is 1. The molecule has 1 nitrogen and oxygen atoms in total. The van der Waals surface area contributed by atoms with Crippen molar-refractivity contribution in [1.82, 2.24) is 5.32 Å². The summed E-state index contributed by atoms with van der Waals surface area (Å²) >= 11 is 12.1. The number of hydrogen-bond donors (Lipinski definition) is 1. The van der Waals surface area contributed by atoms with Crippen LogP contribution in [-0.4, -0.2) is 6.54 Å². The van der Waals surface area contributed by atoms with E-state index in [4.69, 9.17) is 23.2 Å². The lowest BCUT2D eigenvalue weighted by Crippen LogP contribution is -2.27. The van der Waals surface area contributed by atoms with Gasteiger partial charge >= 0.3 is 0 Å². The van der Waals surface area contributed by atoms with Crippen LogP contribution in [0.1, 0.15) is 31.0 Å². The van der Waals surface area contributed by atoms with Crippen LogP contribution in [0.3, 0.4) is 0 Å². The third-order valence-electron chi connectivity index (χ3n) is 3.60. The lowest BCUT2D eigenvalue weighted by atomic mass is 9.96. The minimum absolute atomic E-state index is 0.359. The van der Waals surface area contributed by atoms with Gasteiger partial charge in [-0.3, -0.25) is 0 Å². The molecule has 3 heteroatoms. The van der Waals surface area contributed by atoms with Gasteiger partial charge in [0, 0.05) is 16.1 Å². The molecule has 0 bridgehead atoms. The van der Waals surface area contributed by atoms with E-state index in [1.54, 1.807) is 6.07 Å². The van der Waals surface area contributed by atoms with E-state index in [0.29, 0.717) is 17.0 Å². The number of benzene rings is 2. The Morgan fingerprint density at radius 3 is 2.33 bits per heavy atom. The molecule has 0 heterocycles. The quantitative estimate of drug-likeness (QED) is 0.738. The fraction of sp³-hybridized carbons (Fsp3) is 0.333. The Kier molecular flexibility index (Phi) is 6.10. The molecule has 2 aromatic rings. The minimum atomic E-state index is 0.359. The van der Waals surface area contributed by atoms with Gasteiger partial charge in [-0.15, -0.1) is 0 Å². The summed E-state index contributed by atoms with van der Waals surface area (Å²) in [6.45, 7) is 5.36. The molecular formula is C18H21Cl2N. The first-order chi connectivity index (χ1) is 10.1. The molecule has 0 spiro atoms. The normalized spacial score (nSPS) is 12.6. The van der Waals surface area contributed by atoms with E-state index in [2.05, 4.69) is 43.4 Å². The zero-order valence-corrected chi connectivity index (χ0v) is 14.0. The second-order valence-corrected chi connectivity index (χ2v) is 6.42. The highest BCUT2D eigenvalue weighted by atomic mass is 35.5. The predicted octanol–water partition coefficient (Wildman–Crippen LogP) is 5.52. The molecule has 112 valence electrons. The van der Waals surface area contributed by atoms with Gasteiger partial charge < -0.3 is 5.32 Å². The SMILES string of the molecule is CC(C)C(NCCc1ccc(Cl)cc1Cl)c1ccccc1. The van der Waals surface area contributed by atoms with Crippen LogP contribution in [0.5, 0.6) is 0 Å². The summed E-state index contributed by atoms with van der Waals surface area (Å²) < 4.78 is 0. The third-order valence-corrected chi connectivity index (χ3v) is 4.19. The molecule has 0 amide bonds. The Balaban J connectivity index is 1.97. The highest BCUT2D eigenvalue weighted by molar-refractivity contribution is 6.35. The van der Waals surface area contributed by atoms with E-state index >= 15 is 0 Å². The molecule has 1 atom stereocenters. The van der Waals surface area contributed by atoms with Gasteiger partial charge in [0.05, 0.1) is 0 Å². The van der Waals surface area contributed by atoms with Gasteiger partial charge in [-0.05, 0) is 42.1 Å². The van der Waals surface area contributed by atoms with Crippen LogP contribution in [0.4, 0.5) is 0 Å². The van der Waals surface area contributed by atoms with Gasteiger partial charge in [-0.25, -0.2) is 0 Å². The van der Waals surface area contributed by atoms with Crippen LogP contribution >= 0.6 is 23.2 Å². The second-order valence-electron chi connectivity index (χ2n) is 5.57. The van der Waals surface area contributed by atoms with Crippen LogP contribution in [0.2, 0.25) is 10.0 Å². The largest absolute Gasteiger partial charge is 0.309 e. The standard InChI is InChI=1S/C18H21Cl2N/c1-13(2)18(15-6-4-3-5-7-15)21-11-10-14-8-9-16(19)12-17(14)20/h3-9,12-13,18,21H,10-11H2,1-2H3. The maximum Gasteiger partial charge on any atom is 0.0453 e.